The van der Waals surface area contributed by atoms with Crippen LogP contribution in [0.5, 0.6) is 0 Å². The molecule has 0 aliphatic heterocycles. The predicted molar refractivity (Wildman–Crippen MR) is 486 cm³/mol. The fourth-order valence-corrected chi connectivity index (χ4v) is 18.6. The van der Waals surface area contributed by atoms with E-state index in [1.807, 2.05) is 48.5 Å². The number of carbonyl (C=O) groups is 5. The molecule has 20 heteroatoms. The van der Waals surface area contributed by atoms with Gasteiger partial charge in [0.15, 0.2) is 23.3 Å². The van der Waals surface area contributed by atoms with Crippen LogP contribution in [0, 0.1) is 98.6 Å². The molecule has 0 atom stereocenters. The maximum Gasteiger partial charge on any atom is 0.306 e. The van der Waals surface area contributed by atoms with Gasteiger partial charge in [0, 0.05) is 30.5 Å². The van der Waals surface area contributed by atoms with Gasteiger partial charge >= 0.3 is 5.97 Å². The van der Waals surface area contributed by atoms with Gasteiger partial charge in [-0.3, -0.25) is 24.0 Å². The topological polar surface area (TPSA) is 344 Å². The van der Waals surface area contributed by atoms with E-state index in [1.165, 1.54) is 53.5 Å². The first-order valence-corrected chi connectivity index (χ1v) is 44.3. The fraction of sp³-hybridized carbons (Fsp3) is 0.448. The van der Waals surface area contributed by atoms with Gasteiger partial charge in [-0.25, -0.2) is 19.9 Å². The quantitative estimate of drug-likeness (QED) is 0.0260. The number of allylic oxidation sites excluding steroid dienone is 8. The van der Waals surface area contributed by atoms with Gasteiger partial charge in [0.05, 0.1) is 64.9 Å². The van der Waals surface area contributed by atoms with E-state index >= 15 is 0 Å². The van der Waals surface area contributed by atoms with Gasteiger partial charge in [0.1, 0.15) is 28.8 Å². The lowest BCUT2D eigenvalue weighted by atomic mass is 9.69. The summed E-state index contributed by atoms with van der Waals surface area (Å²) in [6.45, 7) is 18.2. The standard InChI is InChI=1S/C28H31N3O.C28H32N2O4.C26H30N2O2.C23H23N5O/c1-4-23-18-30-26(31-23)25(32)16-21-8-9-22(28(19-29)12-6-5-7-13-28)17-24(21)20-10-14-27(2,3)15-11-20;1-4-22-17-29-25(30-22)24(31)15-20-5-6-21(28(34)13-9-19(10-14-28)26(32)33)16-23(20)18-7-11-27(2,3)12-8-18;1-4-21-17-27-24(28-21)23(29)15-19-7-8-20(26(30)11-5-6-12-26)16-22(19)18-9-13-25(2,3)14-10-18;1-22(2)7-5-15(6-8-22)18-11-16(23(14-25)9-10-23)3-4-19(18)28-21(29)20-26-13-17(12-24)27-20/h1,8-10,17-18H,5-7,11-16H2,2-3H3,(H,30,31);1,5-7,16-17,19,34H,8-15H2,2-3H3,(H,29,30)(H,32,33);1,7-9,16-17,30H,5-6,10-15H2,2-3H3,(H,27,28);3-5,11,13H,6-10H2,1-2H3,(H,26,27)(H,28,29). The average Bonchev–Trinajstić information content (AvgIpc) is 1.63. The first kappa shape index (κ1) is 90.4. The highest BCUT2D eigenvalue weighted by atomic mass is 16.4. The van der Waals surface area contributed by atoms with Crippen LogP contribution >= 0.6 is 0 Å². The van der Waals surface area contributed by atoms with Crippen molar-refractivity contribution in [3.63, 3.8) is 0 Å². The van der Waals surface area contributed by atoms with Crippen LogP contribution in [-0.4, -0.2) is 84.4 Å². The molecular formula is C105H116N12O8. The number of terminal acetylenes is 3. The van der Waals surface area contributed by atoms with Gasteiger partial charge in [-0.2, -0.15) is 15.8 Å². The van der Waals surface area contributed by atoms with Crippen LogP contribution in [0.1, 0.15) is 355 Å². The summed E-state index contributed by atoms with van der Waals surface area (Å²) in [5.74, 6) is 6.45. The number of aromatic nitrogens is 8. The minimum absolute atomic E-state index is 0.0788. The number of nitrogens with zero attached hydrogens (tertiary/aromatic N) is 7. The summed E-state index contributed by atoms with van der Waals surface area (Å²) in [6.07, 6.45) is 56.4. The van der Waals surface area contributed by atoms with Crippen LogP contribution in [0.15, 0.2) is 122 Å². The van der Waals surface area contributed by atoms with Crippen LogP contribution in [-0.2, 0) is 46.1 Å². The number of rotatable bonds is 20. The van der Waals surface area contributed by atoms with Crippen LogP contribution in [0.3, 0.4) is 0 Å². The SMILES string of the molecule is C#Cc1cnc(C(=O)Cc2ccc(C3(C#N)CCCCC3)cc2C2=CCC(C)(C)CC2)[nH]1.C#Cc1cnc(C(=O)Cc2ccc(C3(O)CCC(C(=O)O)CC3)cc2C2=CCC(C)(C)CC2)[nH]1.C#Cc1cnc(C(=O)Cc2ccc(C3(O)CCCC3)cc2C2=CCC(C)(C)CC2)[nH]1.CC1(C)CC=C(c2cc(C3(C#N)CC3)ccc2NC(=O)c2ncc(C#N)[nH]2)CC1. The van der Waals surface area contributed by atoms with Crippen molar-refractivity contribution in [3.8, 4) is 55.2 Å². The third kappa shape index (κ3) is 21.6. The molecule has 644 valence electrons. The molecule has 4 heterocycles. The number of anilines is 1. The van der Waals surface area contributed by atoms with Crippen molar-refractivity contribution >= 4 is 57.2 Å². The number of amides is 1. The van der Waals surface area contributed by atoms with Gasteiger partial charge in [-0.1, -0.05) is 172 Å². The normalized spacial score (nSPS) is 20.7. The van der Waals surface area contributed by atoms with Crippen molar-refractivity contribution in [3.05, 3.63) is 229 Å². The van der Waals surface area contributed by atoms with Gasteiger partial charge in [-0.05, 0) is 271 Å². The number of nitrogens with one attached hydrogen (secondary N) is 5. The van der Waals surface area contributed by atoms with E-state index in [9.17, 15) is 49.8 Å². The highest BCUT2D eigenvalue weighted by molar-refractivity contribution is 6.03. The Morgan fingerprint density at radius 1 is 0.416 bits per heavy atom. The molecule has 0 spiro atoms. The number of Topliss-reactive ketones (excluding diaryl/α,β-unsaturated/α-hetero) is 3. The van der Waals surface area contributed by atoms with E-state index in [-0.39, 0.29) is 70.2 Å². The number of H-pyrrole nitrogens is 4. The third-order valence-electron chi connectivity index (χ3n) is 27.5. The molecule has 20 nitrogen and oxygen atoms in total. The van der Waals surface area contributed by atoms with Crippen molar-refractivity contribution < 1.29 is 39.3 Å². The second-order valence-corrected chi connectivity index (χ2v) is 39.0. The summed E-state index contributed by atoms with van der Waals surface area (Å²) in [5.41, 5.74) is 16.9. The van der Waals surface area contributed by atoms with Crippen molar-refractivity contribution in [1.29, 1.82) is 15.8 Å². The lowest BCUT2D eigenvalue weighted by molar-refractivity contribution is -0.145. The summed E-state index contributed by atoms with van der Waals surface area (Å²) in [4.78, 5) is 90.5. The molecule has 4 saturated carbocycles. The molecule has 8 aliphatic rings. The summed E-state index contributed by atoms with van der Waals surface area (Å²) in [5, 5.41) is 63.4. The fourth-order valence-electron chi connectivity index (χ4n) is 18.6. The van der Waals surface area contributed by atoms with E-state index in [0.717, 1.165) is 202 Å². The van der Waals surface area contributed by atoms with Crippen molar-refractivity contribution in [1.82, 2.24) is 39.9 Å². The average molecular weight is 1670 g/mol. The number of carboxylic acid groups (broad SMARTS) is 1. The number of aliphatic hydroxyl groups is 2. The molecule has 8 N–H and O–H groups in total. The molecule has 4 aromatic carbocycles. The molecule has 8 aliphatic carbocycles. The maximum atomic E-state index is 13.0. The molecule has 0 unspecified atom stereocenters. The van der Waals surface area contributed by atoms with Gasteiger partial charge in [0.25, 0.3) is 5.91 Å². The molecule has 1 amide bonds. The summed E-state index contributed by atoms with van der Waals surface area (Å²) < 4.78 is 0. The molecule has 16 rings (SSSR count). The number of carbonyl (C=O) groups excluding carboxylic acids is 4. The number of carboxylic acids is 1. The second-order valence-electron chi connectivity index (χ2n) is 39.0. The second kappa shape index (κ2) is 37.6. The van der Waals surface area contributed by atoms with Gasteiger partial charge in [0.2, 0.25) is 17.3 Å². The Morgan fingerprint density at radius 3 is 1.09 bits per heavy atom. The maximum absolute atomic E-state index is 13.0. The van der Waals surface area contributed by atoms with Crippen LogP contribution in [0.4, 0.5) is 5.69 Å². The summed E-state index contributed by atoms with van der Waals surface area (Å²) >= 11 is 0. The zero-order valence-corrected chi connectivity index (χ0v) is 73.6. The number of benzene rings is 4. The minimum atomic E-state index is -1.06. The smallest absolute Gasteiger partial charge is 0.306 e. The van der Waals surface area contributed by atoms with Gasteiger partial charge < -0.3 is 40.6 Å². The van der Waals surface area contributed by atoms with Crippen LogP contribution in [0.25, 0.3) is 22.3 Å². The van der Waals surface area contributed by atoms with E-state index in [2.05, 4.69) is 185 Å². The van der Waals surface area contributed by atoms with Crippen molar-refractivity contribution in [2.24, 2.45) is 27.6 Å². The number of hydrogen-bond acceptors (Lipinski definition) is 14. The molecule has 125 heavy (non-hydrogen) atoms. The van der Waals surface area contributed by atoms with E-state index < -0.39 is 34.4 Å². The Morgan fingerprint density at radius 2 is 0.744 bits per heavy atom. The van der Waals surface area contributed by atoms with Crippen LogP contribution < -0.4 is 5.32 Å². The number of aliphatic carboxylic acids is 1. The Hall–Kier alpha value is -12.3. The van der Waals surface area contributed by atoms with Crippen molar-refractivity contribution in [2.45, 2.75) is 270 Å². The van der Waals surface area contributed by atoms with Crippen LogP contribution in [0.2, 0.25) is 0 Å². The van der Waals surface area contributed by atoms with E-state index in [1.54, 1.807) is 0 Å². The first-order chi connectivity index (χ1) is 59.6. The molecule has 0 radical (unpaired) electrons. The summed E-state index contributed by atoms with van der Waals surface area (Å²) in [6, 6.07) is 31.2. The molecule has 0 bridgehead atoms. The zero-order valence-electron chi connectivity index (χ0n) is 73.6. The van der Waals surface area contributed by atoms with E-state index in [0.29, 0.717) is 70.9 Å². The Labute approximate surface area is 735 Å². The zero-order chi connectivity index (χ0) is 89.3. The highest BCUT2D eigenvalue weighted by Gasteiger charge is 2.46. The molecular weight excluding hydrogens is 1560 g/mol. The molecule has 4 aromatic heterocycles. The molecule has 4 fully saturated rings. The van der Waals surface area contributed by atoms with Crippen molar-refractivity contribution in [2.75, 3.05) is 5.32 Å². The number of aromatic amines is 4. The number of nitriles is 3. The largest absolute Gasteiger partial charge is 0.481 e. The Balaban J connectivity index is 0.000000143. The lowest BCUT2D eigenvalue weighted by Gasteiger charge is -2.36. The molecule has 0 saturated heterocycles. The van der Waals surface area contributed by atoms with E-state index in [4.69, 9.17) is 24.5 Å². The number of hydrogen-bond donors (Lipinski definition) is 8. The van der Waals surface area contributed by atoms with Gasteiger partial charge in [-0.15, -0.1) is 19.3 Å². The highest BCUT2D eigenvalue weighted by Crippen LogP contribution is 2.52. The minimum Gasteiger partial charge on any atom is -0.481 e. The number of ketones is 3. The lowest BCUT2D eigenvalue weighted by Crippen LogP contribution is -2.34. The molecule has 8 aromatic rings. The Bertz CT molecular complexity index is 5850. The monoisotopic (exact) mass is 1670 g/mol. The summed E-state index contributed by atoms with van der Waals surface area (Å²) in [7, 11) is 0. The predicted octanol–water partition coefficient (Wildman–Crippen LogP) is 20.9. The third-order valence-corrected chi connectivity index (χ3v) is 27.5. The first-order valence-electron chi connectivity index (χ1n) is 44.3. The number of imidazole rings is 4. The Kier molecular flexibility index (Phi) is 27.2.